The number of nitrogens with zero attached hydrogens (tertiary/aromatic N) is 1. The van der Waals surface area contributed by atoms with Crippen LogP contribution in [-0.4, -0.2) is 30.6 Å². The molecule has 0 spiro atoms. The van der Waals surface area contributed by atoms with Crippen LogP contribution < -0.4 is 9.47 Å². The van der Waals surface area contributed by atoms with Crippen LogP contribution in [0.15, 0.2) is 47.4 Å². The molecule has 2 unspecified atom stereocenters. The number of ether oxygens (including phenoxy) is 3. The number of rotatable bonds is 8. The van der Waals surface area contributed by atoms with E-state index in [0.29, 0.717) is 11.4 Å². The summed E-state index contributed by atoms with van der Waals surface area (Å²) in [5.41, 5.74) is 1.96. The molecule has 0 radical (unpaired) electrons. The van der Waals surface area contributed by atoms with E-state index >= 15 is 0 Å². The summed E-state index contributed by atoms with van der Waals surface area (Å²) in [7, 11) is 1.63. The van der Waals surface area contributed by atoms with Gasteiger partial charge in [0.15, 0.2) is 0 Å². The Morgan fingerprint density at radius 3 is 2.69 bits per heavy atom. The Hall–Kier alpha value is -2.38. The molecule has 0 saturated heterocycles. The van der Waals surface area contributed by atoms with Crippen molar-refractivity contribution in [2.45, 2.75) is 25.0 Å². The summed E-state index contributed by atoms with van der Waals surface area (Å²) in [5, 5.41) is 11.2. The zero-order chi connectivity index (χ0) is 20.4. The van der Waals surface area contributed by atoms with Gasteiger partial charge in [-0.2, -0.15) is 0 Å². The van der Waals surface area contributed by atoms with Crippen molar-refractivity contribution in [2.75, 3.05) is 19.4 Å². The lowest BCUT2D eigenvalue weighted by Crippen LogP contribution is -2.16. The SMILES string of the molecule is COc1ccc(C2=C(SCCCC[N+](=O)[O-])C3c4cc(Cl)ccc4OC3O2)cc1. The molecule has 152 valence electrons. The minimum Gasteiger partial charge on any atom is -0.497 e. The van der Waals surface area contributed by atoms with Crippen molar-refractivity contribution >= 4 is 29.1 Å². The highest BCUT2D eigenvalue weighted by molar-refractivity contribution is 8.03. The molecule has 6 nitrogen and oxygen atoms in total. The van der Waals surface area contributed by atoms with E-state index in [1.807, 2.05) is 36.4 Å². The lowest BCUT2D eigenvalue weighted by molar-refractivity contribution is -0.480. The van der Waals surface area contributed by atoms with E-state index in [0.717, 1.165) is 45.5 Å². The first-order valence-electron chi connectivity index (χ1n) is 9.33. The van der Waals surface area contributed by atoms with Gasteiger partial charge in [0.2, 0.25) is 6.54 Å². The highest BCUT2D eigenvalue weighted by atomic mass is 35.5. The van der Waals surface area contributed by atoms with Gasteiger partial charge in [-0.15, -0.1) is 11.8 Å². The highest BCUT2D eigenvalue weighted by Crippen LogP contribution is 2.54. The predicted octanol–water partition coefficient (Wildman–Crippen LogP) is 5.34. The average molecular weight is 434 g/mol. The number of halogens is 1. The second-order valence-corrected chi connectivity index (χ2v) is 8.37. The van der Waals surface area contributed by atoms with Crippen LogP contribution in [0.1, 0.15) is 29.9 Å². The monoisotopic (exact) mass is 433 g/mol. The molecule has 4 rings (SSSR count). The molecule has 2 aliphatic rings. The van der Waals surface area contributed by atoms with Crippen LogP contribution >= 0.6 is 23.4 Å². The summed E-state index contributed by atoms with van der Waals surface area (Å²) >= 11 is 7.90. The summed E-state index contributed by atoms with van der Waals surface area (Å²) in [6.45, 7) is -0.00491. The molecule has 0 saturated carbocycles. The molecule has 0 fully saturated rings. The van der Waals surface area contributed by atoms with Crippen molar-refractivity contribution < 1.29 is 19.1 Å². The van der Waals surface area contributed by atoms with Crippen molar-refractivity contribution in [1.29, 1.82) is 0 Å². The molecule has 2 aromatic carbocycles. The lowest BCUT2D eigenvalue weighted by Gasteiger charge is -2.12. The molecule has 2 aromatic rings. The summed E-state index contributed by atoms with van der Waals surface area (Å²) < 4.78 is 17.5. The summed E-state index contributed by atoms with van der Waals surface area (Å²) in [6, 6.07) is 13.3. The fourth-order valence-corrected chi connectivity index (χ4v) is 4.98. The molecular formula is C21H20ClNO5S. The molecule has 29 heavy (non-hydrogen) atoms. The number of nitro groups is 1. The van der Waals surface area contributed by atoms with E-state index in [4.69, 9.17) is 25.8 Å². The van der Waals surface area contributed by atoms with Crippen LogP contribution in [0.3, 0.4) is 0 Å². The van der Waals surface area contributed by atoms with Crippen LogP contribution in [0.5, 0.6) is 11.5 Å². The molecule has 0 N–H and O–H groups in total. The summed E-state index contributed by atoms with van der Waals surface area (Å²) in [4.78, 5) is 11.4. The van der Waals surface area contributed by atoms with Crippen molar-refractivity contribution in [3.8, 4) is 11.5 Å². The van der Waals surface area contributed by atoms with Crippen molar-refractivity contribution in [2.24, 2.45) is 0 Å². The zero-order valence-corrected chi connectivity index (χ0v) is 17.4. The highest BCUT2D eigenvalue weighted by Gasteiger charge is 2.46. The third-order valence-corrected chi connectivity index (χ3v) is 6.39. The Kier molecular flexibility index (Phi) is 5.87. The topological polar surface area (TPSA) is 70.8 Å². The molecule has 0 amide bonds. The fourth-order valence-electron chi connectivity index (χ4n) is 3.51. The van der Waals surface area contributed by atoms with Gasteiger partial charge in [0.1, 0.15) is 17.3 Å². The number of unbranched alkanes of at least 4 members (excludes halogenated alkanes) is 1. The minimum atomic E-state index is -0.429. The van der Waals surface area contributed by atoms with E-state index in [-0.39, 0.29) is 17.4 Å². The van der Waals surface area contributed by atoms with E-state index in [2.05, 4.69) is 0 Å². The molecule has 0 aromatic heterocycles. The Morgan fingerprint density at radius 1 is 1.17 bits per heavy atom. The van der Waals surface area contributed by atoms with Gasteiger partial charge in [0, 0.05) is 32.4 Å². The Morgan fingerprint density at radius 2 is 1.97 bits per heavy atom. The molecule has 8 heteroatoms. The maximum atomic E-state index is 10.6. The van der Waals surface area contributed by atoms with Gasteiger partial charge in [-0.3, -0.25) is 10.1 Å². The molecular weight excluding hydrogens is 414 g/mol. The third-order valence-electron chi connectivity index (χ3n) is 4.91. The molecule has 0 bridgehead atoms. The first kappa shape index (κ1) is 19.9. The number of thioether (sulfide) groups is 1. The van der Waals surface area contributed by atoms with Gasteiger partial charge in [-0.25, -0.2) is 0 Å². The zero-order valence-electron chi connectivity index (χ0n) is 15.8. The quantitative estimate of drug-likeness (QED) is 0.318. The lowest BCUT2D eigenvalue weighted by atomic mass is 9.99. The normalized spacial score (nSPS) is 19.4. The number of methoxy groups -OCH3 is 1. The fraction of sp³-hybridized carbons (Fsp3) is 0.333. The van der Waals surface area contributed by atoms with Crippen LogP contribution in [0.2, 0.25) is 5.02 Å². The maximum absolute atomic E-state index is 10.6. The van der Waals surface area contributed by atoms with Crippen molar-refractivity contribution in [3.63, 3.8) is 0 Å². The number of hydrogen-bond acceptors (Lipinski definition) is 6. The van der Waals surface area contributed by atoms with E-state index in [1.54, 1.807) is 24.9 Å². The van der Waals surface area contributed by atoms with Crippen LogP contribution in [0, 0.1) is 10.1 Å². The average Bonchev–Trinajstić information content (AvgIpc) is 3.24. The maximum Gasteiger partial charge on any atom is 0.252 e. The number of benzene rings is 2. The van der Waals surface area contributed by atoms with E-state index in [9.17, 15) is 10.1 Å². The number of hydrogen-bond donors (Lipinski definition) is 0. The van der Waals surface area contributed by atoms with Gasteiger partial charge < -0.3 is 14.2 Å². The van der Waals surface area contributed by atoms with Gasteiger partial charge in [-0.1, -0.05) is 11.6 Å². The van der Waals surface area contributed by atoms with E-state index < -0.39 is 6.29 Å². The van der Waals surface area contributed by atoms with Crippen LogP contribution in [0.25, 0.3) is 5.76 Å². The Balaban J connectivity index is 1.62. The minimum absolute atomic E-state index is 0.00491. The standard InChI is InChI=1S/C21H20ClNO5S/c1-26-15-7-4-13(5-8-15)19-20(29-11-3-2-10-23(24)25)18-16-12-14(22)6-9-17(16)27-21(18)28-19/h4-9,12,18,21H,2-3,10-11H2,1H3. The second kappa shape index (κ2) is 8.55. The summed E-state index contributed by atoms with van der Waals surface area (Å²) in [6.07, 6.45) is 0.881. The van der Waals surface area contributed by atoms with Crippen LogP contribution in [0.4, 0.5) is 0 Å². The largest absolute Gasteiger partial charge is 0.497 e. The Bertz CT molecular complexity index is 947. The second-order valence-electron chi connectivity index (χ2n) is 6.80. The number of fused-ring (bicyclic) bond motifs is 3. The van der Waals surface area contributed by atoms with Crippen molar-refractivity contribution in [1.82, 2.24) is 0 Å². The molecule has 2 heterocycles. The third kappa shape index (κ3) is 4.16. The van der Waals surface area contributed by atoms with Crippen molar-refractivity contribution in [3.05, 3.63) is 73.6 Å². The van der Waals surface area contributed by atoms with Gasteiger partial charge in [0.05, 0.1) is 13.0 Å². The predicted molar refractivity (Wildman–Crippen MR) is 113 cm³/mol. The van der Waals surface area contributed by atoms with E-state index in [1.165, 1.54) is 0 Å². The first-order valence-corrected chi connectivity index (χ1v) is 10.7. The smallest absolute Gasteiger partial charge is 0.252 e. The molecule has 2 aliphatic heterocycles. The molecule has 2 atom stereocenters. The van der Waals surface area contributed by atoms with Crippen LogP contribution in [-0.2, 0) is 4.74 Å². The van der Waals surface area contributed by atoms with Gasteiger partial charge in [-0.05, 0) is 54.6 Å². The first-order chi connectivity index (χ1) is 14.1. The van der Waals surface area contributed by atoms with Gasteiger partial charge in [0.25, 0.3) is 6.29 Å². The summed E-state index contributed by atoms with van der Waals surface area (Å²) in [5.74, 6) is 3.05. The Labute approximate surface area is 177 Å². The molecule has 0 aliphatic carbocycles. The van der Waals surface area contributed by atoms with Gasteiger partial charge >= 0.3 is 0 Å².